The summed E-state index contributed by atoms with van der Waals surface area (Å²) in [5.41, 5.74) is 4.07. The highest BCUT2D eigenvalue weighted by atomic mass is 19.2. The van der Waals surface area contributed by atoms with Crippen LogP contribution in [0.15, 0.2) is 36.4 Å². The number of carbonyl (C=O) groups is 1. The summed E-state index contributed by atoms with van der Waals surface area (Å²) in [6.45, 7) is 9.29. The van der Waals surface area contributed by atoms with Crippen LogP contribution in [0.1, 0.15) is 18.1 Å². The van der Waals surface area contributed by atoms with Gasteiger partial charge in [-0.05, 0) is 50.1 Å². The minimum Gasteiger partial charge on any atom is -0.369 e. The molecule has 0 saturated carbocycles. The highest BCUT2D eigenvalue weighted by Crippen LogP contribution is 2.24. The van der Waals surface area contributed by atoms with Crippen LogP contribution in [0.25, 0.3) is 0 Å². The van der Waals surface area contributed by atoms with Gasteiger partial charge in [-0.1, -0.05) is 12.1 Å². The molecule has 1 heterocycles. The summed E-state index contributed by atoms with van der Waals surface area (Å²) in [5, 5.41) is 2.67. The second-order valence-electron chi connectivity index (χ2n) is 7.04. The van der Waals surface area contributed by atoms with Crippen molar-refractivity contribution in [1.82, 2.24) is 4.90 Å². The van der Waals surface area contributed by atoms with E-state index in [0.717, 1.165) is 38.3 Å². The van der Waals surface area contributed by atoms with E-state index in [2.05, 4.69) is 47.2 Å². The first-order chi connectivity index (χ1) is 12.9. The number of hydrogen-bond acceptors (Lipinski definition) is 3. The zero-order chi connectivity index (χ0) is 19.6. The predicted octanol–water partition coefficient (Wildman–Crippen LogP) is 3.73. The quantitative estimate of drug-likeness (QED) is 0.887. The van der Waals surface area contributed by atoms with Crippen molar-refractivity contribution >= 4 is 17.3 Å². The molecule has 1 saturated heterocycles. The van der Waals surface area contributed by atoms with Crippen molar-refractivity contribution in [3.8, 4) is 0 Å². The van der Waals surface area contributed by atoms with Gasteiger partial charge in [0, 0.05) is 43.6 Å². The Labute approximate surface area is 158 Å². The molecule has 0 unspecified atom stereocenters. The number of aryl methyl sites for hydroxylation is 1. The Hall–Kier alpha value is -2.47. The number of rotatable bonds is 4. The Bertz CT molecular complexity index is 832. The van der Waals surface area contributed by atoms with Crippen LogP contribution in [0.3, 0.4) is 0 Å². The third-order valence-electron chi connectivity index (χ3n) is 5.35. The molecule has 1 aliphatic heterocycles. The van der Waals surface area contributed by atoms with E-state index in [9.17, 15) is 13.6 Å². The molecule has 2 aromatic rings. The fraction of sp³-hybridized carbons (Fsp3) is 0.381. The molecule has 0 spiro atoms. The molecule has 1 fully saturated rings. The number of amides is 1. The van der Waals surface area contributed by atoms with E-state index in [4.69, 9.17) is 0 Å². The van der Waals surface area contributed by atoms with Crippen LogP contribution in [0.5, 0.6) is 0 Å². The fourth-order valence-corrected chi connectivity index (χ4v) is 3.41. The van der Waals surface area contributed by atoms with E-state index in [1.54, 1.807) is 0 Å². The third-order valence-corrected chi connectivity index (χ3v) is 5.35. The van der Waals surface area contributed by atoms with Crippen molar-refractivity contribution in [2.75, 3.05) is 36.4 Å². The maximum Gasteiger partial charge on any atom is 0.241 e. The number of piperazine rings is 1. The Kier molecular flexibility index (Phi) is 5.75. The molecule has 0 radical (unpaired) electrons. The summed E-state index contributed by atoms with van der Waals surface area (Å²) in [7, 11) is 0. The highest BCUT2D eigenvalue weighted by molar-refractivity contribution is 5.94. The summed E-state index contributed by atoms with van der Waals surface area (Å²) in [6, 6.07) is 9.34. The molecule has 27 heavy (non-hydrogen) atoms. The summed E-state index contributed by atoms with van der Waals surface area (Å²) in [6.07, 6.45) is 0. The van der Waals surface area contributed by atoms with Crippen LogP contribution >= 0.6 is 0 Å². The summed E-state index contributed by atoms with van der Waals surface area (Å²) < 4.78 is 26.3. The number of anilines is 2. The van der Waals surface area contributed by atoms with Gasteiger partial charge in [-0.25, -0.2) is 8.78 Å². The lowest BCUT2D eigenvalue weighted by Gasteiger charge is -2.39. The molecule has 1 aliphatic rings. The summed E-state index contributed by atoms with van der Waals surface area (Å²) in [4.78, 5) is 16.9. The first-order valence-electron chi connectivity index (χ1n) is 9.18. The Morgan fingerprint density at radius 2 is 1.74 bits per heavy atom. The minimum absolute atomic E-state index is 0.221. The van der Waals surface area contributed by atoms with Crippen LogP contribution in [0, 0.1) is 25.5 Å². The molecule has 1 amide bonds. The lowest BCUT2D eigenvalue weighted by atomic mass is 10.1. The van der Waals surface area contributed by atoms with Gasteiger partial charge in [-0.15, -0.1) is 0 Å². The van der Waals surface area contributed by atoms with E-state index >= 15 is 0 Å². The monoisotopic (exact) mass is 373 g/mol. The van der Waals surface area contributed by atoms with Gasteiger partial charge in [0.2, 0.25) is 5.91 Å². The van der Waals surface area contributed by atoms with Crippen molar-refractivity contribution in [1.29, 1.82) is 0 Å². The molecular weight excluding hydrogens is 348 g/mol. The van der Waals surface area contributed by atoms with Crippen molar-refractivity contribution in [2.45, 2.75) is 26.8 Å². The van der Waals surface area contributed by atoms with Gasteiger partial charge in [-0.3, -0.25) is 9.69 Å². The molecule has 144 valence electrons. The zero-order valence-corrected chi connectivity index (χ0v) is 15.9. The first-order valence-corrected chi connectivity index (χ1v) is 9.18. The van der Waals surface area contributed by atoms with Crippen LogP contribution in [0.4, 0.5) is 20.2 Å². The van der Waals surface area contributed by atoms with E-state index in [-0.39, 0.29) is 17.6 Å². The molecule has 1 atom stereocenters. The van der Waals surface area contributed by atoms with Gasteiger partial charge in [0.1, 0.15) is 0 Å². The molecule has 2 aromatic carbocycles. The number of benzene rings is 2. The molecule has 6 heteroatoms. The number of carbonyl (C=O) groups excluding carboxylic acids is 1. The van der Waals surface area contributed by atoms with Gasteiger partial charge in [-0.2, -0.15) is 0 Å². The van der Waals surface area contributed by atoms with E-state index in [0.29, 0.717) is 0 Å². The Morgan fingerprint density at radius 3 is 2.41 bits per heavy atom. The maximum atomic E-state index is 13.3. The first kappa shape index (κ1) is 19.3. The Balaban J connectivity index is 1.59. The van der Waals surface area contributed by atoms with Gasteiger partial charge >= 0.3 is 0 Å². The molecule has 4 nitrogen and oxygen atoms in total. The predicted molar refractivity (Wildman–Crippen MR) is 104 cm³/mol. The lowest BCUT2D eigenvalue weighted by molar-refractivity contribution is -0.120. The third kappa shape index (κ3) is 4.27. The average molecular weight is 373 g/mol. The van der Waals surface area contributed by atoms with Crippen molar-refractivity contribution in [3.63, 3.8) is 0 Å². The number of halogens is 2. The molecule has 3 rings (SSSR count). The average Bonchev–Trinajstić information content (AvgIpc) is 2.66. The van der Waals surface area contributed by atoms with Crippen LogP contribution < -0.4 is 10.2 Å². The summed E-state index contributed by atoms with van der Waals surface area (Å²) in [5.74, 6) is -2.12. The van der Waals surface area contributed by atoms with Gasteiger partial charge < -0.3 is 10.2 Å². The topological polar surface area (TPSA) is 35.6 Å². The second kappa shape index (κ2) is 8.05. The van der Waals surface area contributed by atoms with Crippen LogP contribution in [-0.4, -0.2) is 43.0 Å². The lowest BCUT2D eigenvalue weighted by Crippen LogP contribution is -2.53. The van der Waals surface area contributed by atoms with Gasteiger partial charge in [0.25, 0.3) is 0 Å². The second-order valence-corrected chi connectivity index (χ2v) is 7.04. The van der Waals surface area contributed by atoms with Crippen LogP contribution in [-0.2, 0) is 4.79 Å². The van der Waals surface area contributed by atoms with Gasteiger partial charge in [0.15, 0.2) is 11.6 Å². The largest absolute Gasteiger partial charge is 0.369 e. The van der Waals surface area contributed by atoms with E-state index < -0.39 is 11.6 Å². The number of nitrogens with zero attached hydrogens (tertiary/aromatic N) is 2. The summed E-state index contributed by atoms with van der Waals surface area (Å²) >= 11 is 0. The molecule has 0 bridgehead atoms. The maximum absolute atomic E-state index is 13.3. The molecule has 1 N–H and O–H groups in total. The molecule has 0 aliphatic carbocycles. The smallest absolute Gasteiger partial charge is 0.241 e. The zero-order valence-electron chi connectivity index (χ0n) is 15.9. The molecular formula is C21H25F2N3O. The van der Waals surface area contributed by atoms with Gasteiger partial charge in [0.05, 0.1) is 6.04 Å². The fourth-order valence-electron chi connectivity index (χ4n) is 3.41. The standard InChI is InChI=1S/C21H25F2N3O/c1-14-5-4-6-20(15(14)2)26-11-9-25(10-12-26)16(3)21(27)24-17-7-8-18(22)19(23)13-17/h4-8,13,16H,9-12H2,1-3H3,(H,24,27)/t16-/m0/s1. The SMILES string of the molecule is Cc1cccc(N2CCN([C@@H](C)C(=O)Nc3ccc(F)c(F)c3)CC2)c1C. The van der Waals surface area contributed by atoms with Crippen molar-refractivity contribution in [3.05, 3.63) is 59.2 Å². The van der Waals surface area contributed by atoms with E-state index in [1.165, 1.54) is 22.9 Å². The number of hydrogen-bond donors (Lipinski definition) is 1. The highest BCUT2D eigenvalue weighted by Gasteiger charge is 2.26. The van der Waals surface area contributed by atoms with Crippen molar-refractivity contribution < 1.29 is 13.6 Å². The Morgan fingerprint density at radius 1 is 1.04 bits per heavy atom. The number of nitrogens with one attached hydrogen (secondary N) is 1. The minimum atomic E-state index is -0.970. The molecule has 0 aromatic heterocycles. The van der Waals surface area contributed by atoms with Crippen LogP contribution in [0.2, 0.25) is 0 Å². The van der Waals surface area contributed by atoms with E-state index in [1.807, 2.05) is 6.92 Å². The van der Waals surface area contributed by atoms with Crippen molar-refractivity contribution in [2.24, 2.45) is 0 Å². The normalized spacial score (nSPS) is 16.3.